The molecular formula is C18H31ClN4O. The van der Waals surface area contributed by atoms with Gasteiger partial charge in [-0.05, 0) is 52.6 Å². The summed E-state index contributed by atoms with van der Waals surface area (Å²) in [5.41, 5.74) is 0.935. The van der Waals surface area contributed by atoms with Crippen LogP contribution in [0.4, 0.5) is 0 Å². The third-order valence-electron chi connectivity index (χ3n) is 3.86. The Labute approximate surface area is 151 Å². The summed E-state index contributed by atoms with van der Waals surface area (Å²) in [5, 5.41) is 7.45. The maximum Gasteiger partial charge on any atom is 0.191 e. The Morgan fingerprint density at radius 1 is 1.25 bits per heavy atom. The van der Waals surface area contributed by atoms with Crippen molar-refractivity contribution in [1.29, 1.82) is 0 Å². The van der Waals surface area contributed by atoms with Crippen LogP contribution < -0.4 is 10.6 Å². The third-order valence-corrected chi connectivity index (χ3v) is 4.11. The molecule has 0 saturated heterocycles. The summed E-state index contributed by atoms with van der Waals surface area (Å²) in [6.45, 7) is 8.25. The van der Waals surface area contributed by atoms with Gasteiger partial charge < -0.3 is 20.3 Å². The lowest BCUT2D eigenvalue weighted by molar-refractivity contribution is 0.0310. The fraction of sp³-hybridized carbons (Fsp3) is 0.611. The van der Waals surface area contributed by atoms with Gasteiger partial charge in [0.25, 0.3) is 0 Å². The minimum Gasteiger partial charge on any atom is -0.377 e. The standard InChI is InChI=1S/C18H31ClN4O/c1-7-20-17(22-13-18(2,3)24-6)21-12-16(23(4)5)14-8-10-15(19)11-9-14/h8-11,16H,7,12-13H2,1-6H3,(H2,20,21,22). The van der Waals surface area contributed by atoms with Crippen LogP contribution in [0.3, 0.4) is 0 Å². The predicted octanol–water partition coefficient (Wildman–Crippen LogP) is 2.92. The van der Waals surface area contributed by atoms with Crippen LogP contribution in [0.2, 0.25) is 5.02 Å². The molecule has 0 heterocycles. The Morgan fingerprint density at radius 3 is 2.38 bits per heavy atom. The molecule has 136 valence electrons. The number of likely N-dealkylation sites (N-methyl/N-ethyl adjacent to an activating group) is 1. The van der Waals surface area contributed by atoms with Gasteiger partial charge in [0.05, 0.1) is 18.2 Å². The zero-order chi connectivity index (χ0) is 18.2. The van der Waals surface area contributed by atoms with Crippen molar-refractivity contribution in [2.75, 3.05) is 40.8 Å². The molecule has 0 aliphatic heterocycles. The first-order chi connectivity index (χ1) is 11.3. The minimum atomic E-state index is -0.278. The van der Waals surface area contributed by atoms with Gasteiger partial charge in [-0.2, -0.15) is 0 Å². The van der Waals surface area contributed by atoms with E-state index >= 15 is 0 Å². The van der Waals surface area contributed by atoms with Gasteiger partial charge in [-0.1, -0.05) is 23.7 Å². The van der Waals surface area contributed by atoms with E-state index in [9.17, 15) is 0 Å². The molecule has 2 N–H and O–H groups in total. The van der Waals surface area contributed by atoms with Gasteiger partial charge in [-0.15, -0.1) is 0 Å². The fourth-order valence-electron chi connectivity index (χ4n) is 2.15. The number of aliphatic imine (C=N–C) groups is 1. The van der Waals surface area contributed by atoms with Gasteiger partial charge in [0, 0.05) is 25.2 Å². The van der Waals surface area contributed by atoms with Gasteiger partial charge in [0.1, 0.15) is 0 Å². The topological polar surface area (TPSA) is 48.9 Å². The van der Waals surface area contributed by atoms with Gasteiger partial charge in [-0.3, -0.25) is 4.99 Å². The third kappa shape index (κ3) is 7.07. The number of ether oxygens (including phenoxy) is 1. The average molecular weight is 355 g/mol. The van der Waals surface area contributed by atoms with E-state index in [-0.39, 0.29) is 11.6 Å². The summed E-state index contributed by atoms with van der Waals surface area (Å²) in [6.07, 6.45) is 0. The van der Waals surface area contributed by atoms with Crippen molar-refractivity contribution in [1.82, 2.24) is 15.5 Å². The average Bonchev–Trinajstić information content (AvgIpc) is 2.54. The molecule has 0 spiro atoms. The van der Waals surface area contributed by atoms with Crippen molar-refractivity contribution in [3.8, 4) is 0 Å². The summed E-state index contributed by atoms with van der Waals surface area (Å²) < 4.78 is 5.43. The number of nitrogens with one attached hydrogen (secondary N) is 2. The highest BCUT2D eigenvalue weighted by Crippen LogP contribution is 2.19. The lowest BCUT2D eigenvalue weighted by Crippen LogP contribution is -2.42. The second kappa shape index (κ2) is 9.87. The Balaban J connectivity index is 2.78. The minimum absolute atomic E-state index is 0.224. The Morgan fingerprint density at radius 2 is 1.88 bits per heavy atom. The van der Waals surface area contributed by atoms with Crippen molar-refractivity contribution in [3.63, 3.8) is 0 Å². The first-order valence-corrected chi connectivity index (χ1v) is 8.66. The molecule has 1 aromatic carbocycles. The molecule has 0 aliphatic carbocycles. The molecule has 5 nitrogen and oxygen atoms in total. The van der Waals surface area contributed by atoms with Crippen LogP contribution in [-0.4, -0.2) is 57.3 Å². The lowest BCUT2D eigenvalue weighted by Gasteiger charge is -2.26. The van der Waals surface area contributed by atoms with E-state index in [4.69, 9.17) is 16.3 Å². The number of guanidine groups is 1. The normalized spacial score (nSPS) is 13.9. The Hall–Kier alpha value is -1.30. The molecule has 6 heteroatoms. The van der Waals surface area contributed by atoms with Crippen LogP contribution in [0.1, 0.15) is 32.4 Å². The molecular weight excluding hydrogens is 324 g/mol. The number of benzene rings is 1. The van der Waals surface area contributed by atoms with E-state index in [0.717, 1.165) is 24.1 Å². The summed E-state index contributed by atoms with van der Waals surface area (Å²) in [5.74, 6) is 0.795. The van der Waals surface area contributed by atoms with E-state index in [1.54, 1.807) is 7.11 Å². The second-order valence-electron chi connectivity index (χ2n) is 6.57. The molecule has 0 aliphatic rings. The highest BCUT2D eigenvalue weighted by atomic mass is 35.5. The van der Waals surface area contributed by atoms with Gasteiger partial charge in [-0.25, -0.2) is 0 Å². The quantitative estimate of drug-likeness (QED) is 0.556. The van der Waals surface area contributed by atoms with Crippen LogP contribution in [0.5, 0.6) is 0 Å². The first-order valence-electron chi connectivity index (χ1n) is 8.28. The number of nitrogens with zero attached hydrogens (tertiary/aromatic N) is 2. The Kier molecular flexibility index (Phi) is 8.53. The van der Waals surface area contributed by atoms with E-state index < -0.39 is 0 Å². The van der Waals surface area contributed by atoms with Crippen molar-refractivity contribution in [3.05, 3.63) is 34.9 Å². The molecule has 0 amide bonds. The summed E-state index contributed by atoms with van der Waals surface area (Å²) in [6, 6.07) is 8.20. The van der Waals surface area contributed by atoms with E-state index in [1.807, 2.05) is 26.0 Å². The van der Waals surface area contributed by atoms with E-state index in [0.29, 0.717) is 6.54 Å². The molecule has 0 radical (unpaired) electrons. The highest BCUT2D eigenvalue weighted by Gasteiger charge is 2.17. The monoisotopic (exact) mass is 354 g/mol. The van der Waals surface area contributed by atoms with Crippen molar-refractivity contribution in [2.45, 2.75) is 32.4 Å². The molecule has 24 heavy (non-hydrogen) atoms. The fourth-order valence-corrected chi connectivity index (χ4v) is 2.28. The van der Waals surface area contributed by atoms with E-state index in [2.05, 4.69) is 53.7 Å². The molecule has 0 saturated carbocycles. The first kappa shape index (κ1) is 20.7. The second-order valence-corrected chi connectivity index (χ2v) is 7.01. The number of hydrogen-bond acceptors (Lipinski definition) is 3. The molecule has 0 aromatic heterocycles. The summed E-state index contributed by atoms with van der Waals surface area (Å²) in [4.78, 5) is 6.80. The van der Waals surface area contributed by atoms with Crippen LogP contribution in [0.25, 0.3) is 0 Å². The molecule has 1 aromatic rings. The van der Waals surface area contributed by atoms with E-state index in [1.165, 1.54) is 5.56 Å². The molecule has 1 atom stereocenters. The molecule has 1 unspecified atom stereocenters. The van der Waals surface area contributed by atoms with Crippen molar-refractivity contribution in [2.24, 2.45) is 4.99 Å². The number of methoxy groups -OCH3 is 1. The van der Waals surface area contributed by atoms with Crippen LogP contribution >= 0.6 is 11.6 Å². The summed E-state index contributed by atoms with van der Waals surface area (Å²) >= 11 is 5.99. The zero-order valence-electron chi connectivity index (χ0n) is 15.7. The van der Waals surface area contributed by atoms with Gasteiger partial charge >= 0.3 is 0 Å². The maximum atomic E-state index is 5.99. The lowest BCUT2D eigenvalue weighted by atomic mass is 10.1. The molecule has 0 bridgehead atoms. The Bertz CT molecular complexity index is 514. The van der Waals surface area contributed by atoms with Crippen LogP contribution in [0, 0.1) is 0 Å². The highest BCUT2D eigenvalue weighted by molar-refractivity contribution is 6.30. The predicted molar refractivity (Wildman–Crippen MR) is 103 cm³/mol. The SMILES string of the molecule is CCNC(=NCC(C)(C)OC)NCC(c1ccc(Cl)cc1)N(C)C. The number of halogens is 1. The maximum absolute atomic E-state index is 5.99. The van der Waals surface area contributed by atoms with Crippen molar-refractivity contribution >= 4 is 17.6 Å². The van der Waals surface area contributed by atoms with Gasteiger partial charge in [0.2, 0.25) is 0 Å². The molecule has 0 fully saturated rings. The summed E-state index contributed by atoms with van der Waals surface area (Å²) in [7, 11) is 5.84. The van der Waals surface area contributed by atoms with Crippen molar-refractivity contribution < 1.29 is 4.74 Å². The van der Waals surface area contributed by atoms with Crippen LogP contribution in [0.15, 0.2) is 29.3 Å². The van der Waals surface area contributed by atoms with Gasteiger partial charge in [0.15, 0.2) is 5.96 Å². The largest absolute Gasteiger partial charge is 0.377 e. The zero-order valence-corrected chi connectivity index (χ0v) is 16.4. The smallest absolute Gasteiger partial charge is 0.191 e. The number of rotatable bonds is 8. The number of hydrogen-bond donors (Lipinski definition) is 2. The molecule has 1 rings (SSSR count). The van der Waals surface area contributed by atoms with Crippen LogP contribution in [-0.2, 0) is 4.74 Å².